The summed E-state index contributed by atoms with van der Waals surface area (Å²) in [6.45, 7) is 0. The lowest BCUT2D eigenvalue weighted by molar-refractivity contribution is -0.382. The first-order valence-electron chi connectivity index (χ1n) is 7.96. The van der Waals surface area contributed by atoms with Crippen LogP contribution in [-0.2, 0) is 13.7 Å². The number of rotatable bonds is 7. The minimum absolute atomic E-state index is 0.105. The summed E-state index contributed by atoms with van der Waals surface area (Å²) in [7, 11) is -10.6. The van der Waals surface area contributed by atoms with Gasteiger partial charge in [-0.3, -0.25) is 0 Å². The van der Waals surface area contributed by atoms with Crippen LogP contribution in [0.2, 0.25) is 0 Å². The summed E-state index contributed by atoms with van der Waals surface area (Å²) in [6, 6.07) is 12.9. The Balaban J connectivity index is 2.64. The van der Waals surface area contributed by atoms with Gasteiger partial charge in [-0.15, -0.1) is 0 Å². The molecule has 31 heavy (non-hydrogen) atoms. The zero-order valence-corrected chi connectivity index (χ0v) is 16.8. The van der Waals surface area contributed by atoms with Crippen molar-refractivity contribution in [2.45, 2.75) is 33.1 Å². The van der Waals surface area contributed by atoms with E-state index in [1.54, 1.807) is 0 Å². The van der Waals surface area contributed by atoms with Gasteiger partial charge >= 0.3 is 33.4 Å². The fraction of sp³-hybridized carbons (Fsp3) is 0.294. The van der Waals surface area contributed by atoms with Crippen LogP contribution in [0.3, 0.4) is 0 Å². The van der Waals surface area contributed by atoms with Gasteiger partial charge in [0.25, 0.3) is 0 Å². The third kappa shape index (κ3) is 4.12. The quantitative estimate of drug-likeness (QED) is 0.424. The molecule has 0 amide bonds. The van der Waals surface area contributed by atoms with Crippen LogP contribution in [0, 0.1) is 0 Å². The minimum Gasteiger partial charge on any atom is -0.207 e. The van der Waals surface area contributed by atoms with Crippen LogP contribution in [0.5, 0.6) is 0 Å². The van der Waals surface area contributed by atoms with Gasteiger partial charge < -0.3 is 0 Å². The molecule has 0 aliphatic carbocycles. The van der Waals surface area contributed by atoms with E-state index in [9.17, 15) is 47.9 Å². The Kier molecular flexibility index (Phi) is 6.44. The maximum absolute atomic E-state index is 14.1. The third-order valence-electron chi connectivity index (χ3n) is 4.04. The van der Waals surface area contributed by atoms with Crippen LogP contribution in [-0.4, -0.2) is 37.9 Å². The van der Waals surface area contributed by atoms with E-state index in [1.165, 1.54) is 60.7 Å². The molecule has 2 rings (SSSR count). The molecule has 0 heterocycles. The standard InChI is InChI=1S/C17H13F9O3S2/c1-30(12-8-4-2-5-9-12,13-10-6-3-7-11-13)29-31(27,28)17(25,26)15(20,21)14(18,19)16(22,23)24/h2-11H,1H3. The summed E-state index contributed by atoms with van der Waals surface area (Å²) in [6.07, 6.45) is -6.23. The monoisotopic (exact) mass is 500 g/mol. The number of hydrogen-bond acceptors (Lipinski definition) is 3. The van der Waals surface area contributed by atoms with Crippen molar-refractivity contribution in [2.24, 2.45) is 0 Å². The maximum atomic E-state index is 14.1. The Hall–Kier alpha value is -1.93. The van der Waals surface area contributed by atoms with Crippen molar-refractivity contribution in [3.63, 3.8) is 0 Å². The number of alkyl halides is 9. The van der Waals surface area contributed by atoms with Gasteiger partial charge in [0.05, 0.1) is 0 Å². The predicted molar refractivity (Wildman–Crippen MR) is 93.8 cm³/mol. The van der Waals surface area contributed by atoms with E-state index in [0.29, 0.717) is 0 Å². The van der Waals surface area contributed by atoms with Crippen molar-refractivity contribution in [1.82, 2.24) is 0 Å². The Bertz CT molecular complexity index is 969. The highest BCUT2D eigenvalue weighted by atomic mass is 32.3. The average Bonchev–Trinajstić information content (AvgIpc) is 2.67. The largest absolute Gasteiger partial charge is 0.460 e. The van der Waals surface area contributed by atoms with Crippen molar-refractivity contribution in [3.8, 4) is 0 Å². The summed E-state index contributed by atoms with van der Waals surface area (Å²) in [4.78, 5) is -0.210. The summed E-state index contributed by atoms with van der Waals surface area (Å²) in [5.74, 6) is -14.7. The van der Waals surface area contributed by atoms with Crippen molar-refractivity contribution in [1.29, 1.82) is 0 Å². The van der Waals surface area contributed by atoms with Gasteiger partial charge in [-0.2, -0.15) is 47.9 Å². The fourth-order valence-electron chi connectivity index (χ4n) is 2.31. The molecule has 0 N–H and O–H groups in total. The molecule has 0 atom stereocenters. The molecule has 0 aliphatic rings. The maximum Gasteiger partial charge on any atom is 0.460 e. The molecule has 0 fully saturated rings. The van der Waals surface area contributed by atoms with Crippen molar-refractivity contribution in [3.05, 3.63) is 60.7 Å². The zero-order valence-electron chi connectivity index (χ0n) is 15.2. The number of benzene rings is 2. The minimum atomic E-state index is -7.37. The van der Waals surface area contributed by atoms with E-state index in [2.05, 4.69) is 3.63 Å². The molecule has 14 heteroatoms. The molecule has 0 unspecified atom stereocenters. The summed E-state index contributed by atoms with van der Waals surface area (Å²) in [5, 5.41) is -6.93. The molecule has 0 bridgehead atoms. The molecular formula is C17H13F9O3S2. The highest BCUT2D eigenvalue weighted by molar-refractivity contribution is 8.32. The van der Waals surface area contributed by atoms with E-state index >= 15 is 0 Å². The Morgan fingerprint density at radius 1 is 0.645 bits per heavy atom. The molecule has 0 saturated carbocycles. The third-order valence-corrected chi connectivity index (χ3v) is 9.07. The lowest BCUT2D eigenvalue weighted by Crippen LogP contribution is -2.63. The highest BCUT2D eigenvalue weighted by Gasteiger charge is 2.86. The van der Waals surface area contributed by atoms with E-state index in [1.807, 2.05) is 0 Å². The van der Waals surface area contributed by atoms with Crippen LogP contribution in [0.4, 0.5) is 39.5 Å². The van der Waals surface area contributed by atoms with Crippen molar-refractivity contribution >= 4 is 20.4 Å². The molecule has 3 nitrogen and oxygen atoms in total. The first-order chi connectivity index (χ1) is 13.9. The van der Waals surface area contributed by atoms with Gasteiger partial charge in [-0.25, -0.2) is 3.63 Å². The van der Waals surface area contributed by atoms with Gasteiger partial charge in [0.2, 0.25) is 0 Å². The Morgan fingerprint density at radius 2 is 1.00 bits per heavy atom. The van der Waals surface area contributed by atoms with Crippen LogP contribution >= 0.6 is 10.3 Å². The van der Waals surface area contributed by atoms with Gasteiger partial charge in [0, 0.05) is 9.79 Å². The average molecular weight is 500 g/mol. The SMILES string of the molecule is CS(OS(=O)(=O)C(F)(F)C(F)(F)C(F)(F)C(F)(F)F)(c1ccccc1)c1ccccc1. The van der Waals surface area contributed by atoms with Gasteiger partial charge in [-0.1, -0.05) is 46.7 Å². The van der Waals surface area contributed by atoms with E-state index in [4.69, 9.17) is 0 Å². The van der Waals surface area contributed by atoms with Crippen molar-refractivity contribution in [2.75, 3.05) is 6.26 Å². The molecule has 0 radical (unpaired) electrons. The first kappa shape index (κ1) is 25.3. The summed E-state index contributed by atoms with van der Waals surface area (Å²) < 4.78 is 147. The highest BCUT2D eigenvalue weighted by Crippen LogP contribution is 2.64. The molecule has 0 aliphatic heterocycles. The molecule has 0 spiro atoms. The Morgan fingerprint density at radius 3 is 1.32 bits per heavy atom. The van der Waals surface area contributed by atoms with E-state index in [0.717, 1.165) is 6.26 Å². The van der Waals surface area contributed by atoms with Gasteiger partial charge in [-0.05, 0) is 30.5 Å². The van der Waals surface area contributed by atoms with Gasteiger partial charge in [0.15, 0.2) is 0 Å². The fourth-order valence-corrected chi connectivity index (χ4v) is 6.79. The predicted octanol–water partition coefficient (Wildman–Crippen LogP) is 6.23. The second-order valence-electron chi connectivity index (χ2n) is 6.16. The molecular weight excluding hydrogens is 487 g/mol. The smallest absolute Gasteiger partial charge is 0.207 e. The number of halogens is 9. The normalized spacial score (nSPS) is 15.0. The van der Waals surface area contributed by atoms with Crippen LogP contribution in [0.25, 0.3) is 0 Å². The first-order valence-corrected chi connectivity index (χ1v) is 11.3. The molecule has 0 aromatic heterocycles. The lowest BCUT2D eigenvalue weighted by Gasteiger charge is -2.38. The van der Waals surface area contributed by atoms with Crippen LogP contribution < -0.4 is 0 Å². The molecule has 2 aromatic carbocycles. The molecule has 2 aromatic rings. The summed E-state index contributed by atoms with van der Waals surface area (Å²) >= 11 is 0. The second-order valence-corrected chi connectivity index (χ2v) is 10.8. The zero-order chi connectivity index (χ0) is 23.9. The van der Waals surface area contributed by atoms with Gasteiger partial charge in [0.1, 0.15) is 0 Å². The van der Waals surface area contributed by atoms with E-state index in [-0.39, 0.29) is 9.79 Å². The van der Waals surface area contributed by atoms with Crippen molar-refractivity contribution < 1.29 is 51.6 Å². The lowest BCUT2D eigenvalue weighted by atomic mass is 10.1. The molecule has 0 saturated heterocycles. The Labute approximate surface area is 172 Å². The molecule has 174 valence electrons. The number of hydrogen-bond donors (Lipinski definition) is 0. The summed E-state index contributed by atoms with van der Waals surface area (Å²) in [5.41, 5.74) is 0. The second kappa shape index (κ2) is 7.89. The van der Waals surface area contributed by atoms with Crippen LogP contribution in [0.1, 0.15) is 0 Å². The topological polar surface area (TPSA) is 43.4 Å². The van der Waals surface area contributed by atoms with Crippen LogP contribution in [0.15, 0.2) is 70.5 Å². The van der Waals surface area contributed by atoms with E-state index < -0.39 is 43.7 Å².